The van der Waals surface area contributed by atoms with Crippen LogP contribution in [-0.2, 0) is 23.1 Å². The normalized spacial score (nSPS) is 12.0. The SMILES string of the molecule is CN=C(NCc1ccc(F)cc1)NCc1ccc(S(=O)(=O)N(C)C(C)C)cc1.I. The number of nitrogens with one attached hydrogen (secondary N) is 2. The standard InChI is InChI=1S/C20H27FN4O2S.HI/c1-15(2)25(4)28(26,27)19-11-7-17(8-12-19)14-24-20(22-3)23-13-16-5-9-18(21)10-6-16;/h5-12,15H,13-14H2,1-4H3,(H2,22,23,24);1H. The molecule has 9 heteroatoms. The zero-order valence-electron chi connectivity index (χ0n) is 17.0. The van der Waals surface area contributed by atoms with E-state index in [0.29, 0.717) is 19.0 Å². The average molecular weight is 534 g/mol. The zero-order valence-corrected chi connectivity index (χ0v) is 20.2. The summed E-state index contributed by atoms with van der Waals surface area (Å²) in [7, 11) is -0.243. The summed E-state index contributed by atoms with van der Waals surface area (Å²) in [5.41, 5.74) is 1.86. The molecule has 0 unspecified atom stereocenters. The number of rotatable bonds is 7. The van der Waals surface area contributed by atoms with E-state index in [2.05, 4.69) is 15.6 Å². The van der Waals surface area contributed by atoms with Crippen LogP contribution in [0.4, 0.5) is 4.39 Å². The Hall–Kier alpha value is -1.72. The van der Waals surface area contributed by atoms with Gasteiger partial charge in [0.05, 0.1) is 4.90 Å². The summed E-state index contributed by atoms with van der Waals surface area (Å²) in [5.74, 6) is 0.330. The first kappa shape index (κ1) is 25.3. The quantitative estimate of drug-likeness (QED) is 0.325. The summed E-state index contributed by atoms with van der Waals surface area (Å²) in [6.45, 7) is 4.67. The Morgan fingerprint density at radius 1 is 1.00 bits per heavy atom. The van der Waals surface area contributed by atoms with Gasteiger partial charge in [-0.2, -0.15) is 4.31 Å². The van der Waals surface area contributed by atoms with E-state index in [0.717, 1.165) is 11.1 Å². The molecule has 0 aliphatic rings. The Balaban J connectivity index is 0.00000420. The molecule has 0 heterocycles. The van der Waals surface area contributed by atoms with Crippen molar-refractivity contribution in [3.63, 3.8) is 0 Å². The number of benzene rings is 2. The van der Waals surface area contributed by atoms with Crippen LogP contribution in [0.15, 0.2) is 58.4 Å². The second-order valence-corrected chi connectivity index (χ2v) is 8.66. The fourth-order valence-corrected chi connectivity index (χ4v) is 3.79. The van der Waals surface area contributed by atoms with Gasteiger partial charge in [0, 0.05) is 33.2 Å². The third-order valence-corrected chi connectivity index (χ3v) is 6.43. The first-order valence-electron chi connectivity index (χ1n) is 9.00. The second kappa shape index (κ2) is 11.5. The van der Waals surface area contributed by atoms with Gasteiger partial charge in [-0.15, -0.1) is 24.0 Å². The highest BCUT2D eigenvalue weighted by Crippen LogP contribution is 2.17. The molecule has 0 bridgehead atoms. The first-order chi connectivity index (χ1) is 13.2. The molecule has 0 saturated carbocycles. The highest BCUT2D eigenvalue weighted by atomic mass is 127. The van der Waals surface area contributed by atoms with Crippen LogP contribution in [0.5, 0.6) is 0 Å². The smallest absolute Gasteiger partial charge is 0.243 e. The fourth-order valence-electron chi connectivity index (χ4n) is 2.42. The van der Waals surface area contributed by atoms with Crippen molar-refractivity contribution in [2.75, 3.05) is 14.1 Å². The van der Waals surface area contributed by atoms with Crippen molar-refractivity contribution in [3.05, 3.63) is 65.5 Å². The minimum atomic E-state index is -3.48. The van der Waals surface area contributed by atoms with Crippen LogP contribution in [0.2, 0.25) is 0 Å². The van der Waals surface area contributed by atoms with Crippen molar-refractivity contribution in [2.24, 2.45) is 4.99 Å². The molecule has 0 amide bonds. The van der Waals surface area contributed by atoms with Crippen LogP contribution in [0, 0.1) is 5.82 Å². The zero-order chi connectivity index (χ0) is 20.7. The van der Waals surface area contributed by atoms with Crippen molar-refractivity contribution >= 4 is 40.0 Å². The Labute approximate surface area is 189 Å². The summed E-state index contributed by atoms with van der Waals surface area (Å²) in [4.78, 5) is 4.42. The molecule has 0 radical (unpaired) electrons. The van der Waals surface area contributed by atoms with Crippen molar-refractivity contribution in [1.82, 2.24) is 14.9 Å². The molecule has 0 atom stereocenters. The Morgan fingerprint density at radius 2 is 1.45 bits per heavy atom. The molecule has 2 aromatic carbocycles. The van der Waals surface area contributed by atoms with Crippen LogP contribution < -0.4 is 10.6 Å². The van der Waals surface area contributed by atoms with E-state index in [1.807, 2.05) is 13.8 Å². The predicted octanol–water partition coefficient (Wildman–Crippen LogP) is 3.34. The van der Waals surface area contributed by atoms with Gasteiger partial charge in [0.15, 0.2) is 5.96 Å². The number of aliphatic imine (C=N–C) groups is 1. The maximum Gasteiger partial charge on any atom is 0.243 e. The van der Waals surface area contributed by atoms with Crippen LogP contribution in [0.25, 0.3) is 0 Å². The minimum absolute atomic E-state index is 0. The van der Waals surface area contributed by atoms with E-state index < -0.39 is 10.0 Å². The topological polar surface area (TPSA) is 73.8 Å². The highest BCUT2D eigenvalue weighted by Gasteiger charge is 2.22. The van der Waals surface area contributed by atoms with Crippen LogP contribution in [0.1, 0.15) is 25.0 Å². The summed E-state index contributed by atoms with van der Waals surface area (Å²) < 4.78 is 39.3. The Morgan fingerprint density at radius 3 is 1.86 bits per heavy atom. The third kappa shape index (κ3) is 7.23. The molecular weight excluding hydrogens is 506 g/mol. The van der Waals surface area contributed by atoms with Crippen molar-refractivity contribution in [1.29, 1.82) is 0 Å². The van der Waals surface area contributed by atoms with Gasteiger partial charge in [-0.3, -0.25) is 4.99 Å². The van der Waals surface area contributed by atoms with E-state index in [4.69, 9.17) is 0 Å². The number of hydrogen-bond donors (Lipinski definition) is 2. The van der Waals surface area contributed by atoms with Gasteiger partial charge < -0.3 is 10.6 Å². The predicted molar refractivity (Wildman–Crippen MR) is 125 cm³/mol. The molecule has 6 nitrogen and oxygen atoms in total. The maximum atomic E-state index is 12.9. The van der Waals surface area contributed by atoms with Gasteiger partial charge in [-0.25, -0.2) is 12.8 Å². The van der Waals surface area contributed by atoms with E-state index in [1.54, 1.807) is 50.5 Å². The van der Waals surface area contributed by atoms with Crippen molar-refractivity contribution in [2.45, 2.75) is 37.9 Å². The van der Waals surface area contributed by atoms with E-state index in [9.17, 15) is 12.8 Å². The monoisotopic (exact) mass is 534 g/mol. The van der Waals surface area contributed by atoms with E-state index in [1.165, 1.54) is 16.4 Å². The summed E-state index contributed by atoms with van der Waals surface area (Å²) in [6, 6.07) is 12.9. The first-order valence-corrected chi connectivity index (χ1v) is 10.4. The number of nitrogens with zero attached hydrogens (tertiary/aromatic N) is 2. The second-order valence-electron chi connectivity index (χ2n) is 6.66. The van der Waals surface area contributed by atoms with Gasteiger partial charge in [-0.1, -0.05) is 24.3 Å². The number of sulfonamides is 1. The highest BCUT2D eigenvalue weighted by molar-refractivity contribution is 14.0. The molecule has 2 N–H and O–H groups in total. The number of guanidine groups is 1. The Bertz CT molecular complexity index is 901. The van der Waals surface area contributed by atoms with Crippen LogP contribution in [-0.4, -0.2) is 38.8 Å². The summed E-state index contributed by atoms with van der Waals surface area (Å²) >= 11 is 0. The summed E-state index contributed by atoms with van der Waals surface area (Å²) in [5, 5.41) is 6.32. The van der Waals surface area contributed by atoms with Gasteiger partial charge in [-0.05, 0) is 49.2 Å². The lowest BCUT2D eigenvalue weighted by molar-refractivity contribution is 0.410. The van der Waals surface area contributed by atoms with E-state index in [-0.39, 0.29) is 40.7 Å². The lowest BCUT2D eigenvalue weighted by atomic mass is 10.2. The molecule has 0 aliphatic heterocycles. The largest absolute Gasteiger partial charge is 0.352 e. The fraction of sp³-hybridized carbons (Fsp3) is 0.350. The number of halogens is 2. The maximum absolute atomic E-state index is 12.9. The van der Waals surface area contributed by atoms with Crippen LogP contribution in [0.3, 0.4) is 0 Å². The molecule has 0 spiro atoms. The molecule has 0 saturated heterocycles. The Kier molecular flexibility index (Phi) is 10.0. The summed E-state index contributed by atoms with van der Waals surface area (Å²) in [6.07, 6.45) is 0. The molecule has 2 rings (SSSR count). The van der Waals surface area contributed by atoms with Gasteiger partial charge in [0.1, 0.15) is 5.82 Å². The van der Waals surface area contributed by atoms with E-state index >= 15 is 0 Å². The number of hydrogen-bond acceptors (Lipinski definition) is 3. The molecule has 2 aromatic rings. The average Bonchev–Trinajstić information content (AvgIpc) is 2.69. The molecule has 0 fully saturated rings. The molecule has 160 valence electrons. The van der Waals surface area contributed by atoms with Gasteiger partial charge in [0.25, 0.3) is 0 Å². The minimum Gasteiger partial charge on any atom is -0.352 e. The molecule has 0 aliphatic carbocycles. The third-order valence-electron chi connectivity index (χ3n) is 4.38. The molecule has 0 aromatic heterocycles. The molecular formula is C20H28FIN4O2S. The van der Waals surface area contributed by atoms with Crippen molar-refractivity contribution in [3.8, 4) is 0 Å². The lowest BCUT2D eigenvalue weighted by Gasteiger charge is -2.21. The van der Waals surface area contributed by atoms with Gasteiger partial charge >= 0.3 is 0 Å². The van der Waals surface area contributed by atoms with Gasteiger partial charge in [0.2, 0.25) is 10.0 Å². The van der Waals surface area contributed by atoms with Crippen molar-refractivity contribution < 1.29 is 12.8 Å². The van der Waals surface area contributed by atoms with Crippen LogP contribution >= 0.6 is 24.0 Å². The molecule has 29 heavy (non-hydrogen) atoms. The lowest BCUT2D eigenvalue weighted by Crippen LogP contribution is -2.36.